The molecule has 2 aromatic carbocycles. The van der Waals surface area contributed by atoms with Crippen LogP contribution in [-0.2, 0) is 0 Å². The predicted octanol–water partition coefficient (Wildman–Crippen LogP) is 4.23. The molecule has 2 rings (SSSR count). The molecule has 0 saturated heterocycles. The zero-order valence-electron chi connectivity index (χ0n) is 10.6. The lowest BCUT2D eigenvalue weighted by Crippen LogP contribution is -2.17. The summed E-state index contributed by atoms with van der Waals surface area (Å²) in [6.07, 6.45) is -5.01. The summed E-state index contributed by atoms with van der Waals surface area (Å²) < 4.78 is 66.5. The third-order valence-corrected chi connectivity index (χ3v) is 2.64. The van der Waals surface area contributed by atoms with Gasteiger partial charge in [0.05, 0.1) is 5.56 Å². The van der Waals surface area contributed by atoms with E-state index >= 15 is 0 Å². The molecular formula is C14H7F5O3. The van der Waals surface area contributed by atoms with E-state index in [9.17, 15) is 26.7 Å². The molecule has 0 saturated carbocycles. The summed E-state index contributed by atoms with van der Waals surface area (Å²) in [6.45, 7) is 0. The molecule has 0 spiro atoms. The highest BCUT2D eigenvalue weighted by Gasteiger charge is 2.31. The maximum Gasteiger partial charge on any atom is 0.573 e. The average molecular weight is 318 g/mol. The van der Waals surface area contributed by atoms with Crippen LogP contribution >= 0.6 is 0 Å². The minimum Gasteiger partial charge on any atom is -0.478 e. The number of carboxylic acids is 1. The van der Waals surface area contributed by atoms with Crippen molar-refractivity contribution in [1.82, 2.24) is 0 Å². The second-order valence-corrected chi connectivity index (χ2v) is 4.23. The Bertz CT molecular complexity index is 725. The standard InChI is InChI=1S/C14H7F5O3/c15-11-2-1-7(6-12(11)16)8-3-9(13(20)21)5-10(4-8)22-14(17,18)19/h1-6H,(H,20,21). The highest BCUT2D eigenvalue weighted by Crippen LogP contribution is 2.30. The van der Waals surface area contributed by atoms with Gasteiger partial charge in [0.15, 0.2) is 11.6 Å². The van der Waals surface area contributed by atoms with E-state index in [0.29, 0.717) is 6.07 Å². The number of carboxylic acid groups (broad SMARTS) is 1. The summed E-state index contributed by atoms with van der Waals surface area (Å²) in [7, 11) is 0. The van der Waals surface area contributed by atoms with Crippen LogP contribution in [0.25, 0.3) is 11.1 Å². The van der Waals surface area contributed by atoms with Gasteiger partial charge in [0.1, 0.15) is 5.75 Å². The molecule has 116 valence electrons. The van der Waals surface area contributed by atoms with E-state index < -0.39 is 35.3 Å². The number of aromatic carboxylic acids is 1. The first-order chi connectivity index (χ1) is 10.2. The molecule has 8 heteroatoms. The summed E-state index contributed by atoms with van der Waals surface area (Å²) in [4.78, 5) is 11.0. The second-order valence-electron chi connectivity index (χ2n) is 4.23. The Morgan fingerprint density at radius 3 is 2.18 bits per heavy atom. The van der Waals surface area contributed by atoms with E-state index in [1.807, 2.05) is 0 Å². The molecule has 2 aromatic rings. The number of rotatable bonds is 3. The molecule has 3 nitrogen and oxygen atoms in total. The average Bonchev–Trinajstić information content (AvgIpc) is 2.39. The van der Waals surface area contributed by atoms with Crippen LogP contribution in [0.2, 0.25) is 0 Å². The Morgan fingerprint density at radius 2 is 1.64 bits per heavy atom. The molecule has 0 heterocycles. The normalized spacial score (nSPS) is 11.3. The lowest BCUT2D eigenvalue weighted by molar-refractivity contribution is -0.274. The number of ether oxygens (including phenoxy) is 1. The first kappa shape index (κ1) is 15.7. The molecule has 22 heavy (non-hydrogen) atoms. The molecule has 0 aliphatic rings. The van der Waals surface area contributed by atoms with Crippen LogP contribution in [0.5, 0.6) is 5.75 Å². The van der Waals surface area contributed by atoms with Crippen molar-refractivity contribution in [2.75, 3.05) is 0 Å². The summed E-state index contributed by atoms with van der Waals surface area (Å²) in [5, 5.41) is 8.91. The summed E-state index contributed by atoms with van der Waals surface area (Å²) in [6, 6.07) is 5.22. The second kappa shape index (κ2) is 5.63. The topological polar surface area (TPSA) is 46.5 Å². The van der Waals surface area contributed by atoms with Crippen LogP contribution in [-0.4, -0.2) is 17.4 Å². The number of hydrogen-bond acceptors (Lipinski definition) is 2. The van der Waals surface area contributed by atoms with Crippen molar-refractivity contribution in [2.45, 2.75) is 6.36 Å². The highest BCUT2D eigenvalue weighted by atomic mass is 19.4. The monoisotopic (exact) mass is 318 g/mol. The van der Waals surface area contributed by atoms with E-state index in [0.717, 1.165) is 30.3 Å². The zero-order chi connectivity index (χ0) is 16.5. The molecule has 0 aliphatic carbocycles. The fourth-order valence-corrected chi connectivity index (χ4v) is 1.76. The fourth-order valence-electron chi connectivity index (χ4n) is 1.76. The molecule has 0 fully saturated rings. The van der Waals surface area contributed by atoms with Crippen LogP contribution in [0.15, 0.2) is 36.4 Å². The van der Waals surface area contributed by atoms with E-state index in [1.165, 1.54) is 0 Å². The largest absolute Gasteiger partial charge is 0.573 e. The third-order valence-electron chi connectivity index (χ3n) is 2.64. The van der Waals surface area contributed by atoms with Gasteiger partial charge >= 0.3 is 12.3 Å². The van der Waals surface area contributed by atoms with E-state index in [1.54, 1.807) is 0 Å². The smallest absolute Gasteiger partial charge is 0.478 e. The Labute approximate surface area is 120 Å². The Balaban J connectivity index is 2.54. The summed E-state index contributed by atoms with van der Waals surface area (Å²) in [5.74, 6) is -4.61. The molecule has 1 N–H and O–H groups in total. The molecule has 0 radical (unpaired) electrons. The van der Waals surface area contributed by atoms with E-state index in [4.69, 9.17) is 5.11 Å². The molecule has 0 aromatic heterocycles. The number of halogens is 5. The lowest BCUT2D eigenvalue weighted by Gasteiger charge is -2.12. The highest BCUT2D eigenvalue weighted by molar-refractivity contribution is 5.90. The Hall–Kier alpha value is -2.64. The van der Waals surface area contributed by atoms with Gasteiger partial charge < -0.3 is 9.84 Å². The number of hydrogen-bond donors (Lipinski definition) is 1. The van der Waals surface area contributed by atoms with Crippen molar-refractivity contribution in [3.63, 3.8) is 0 Å². The Kier molecular flexibility index (Phi) is 4.03. The SMILES string of the molecule is O=C(O)c1cc(OC(F)(F)F)cc(-c2ccc(F)c(F)c2)c1. The van der Waals surface area contributed by atoms with Crippen LogP contribution < -0.4 is 4.74 Å². The van der Waals surface area contributed by atoms with Crippen LogP contribution in [0.1, 0.15) is 10.4 Å². The maximum absolute atomic E-state index is 13.2. The lowest BCUT2D eigenvalue weighted by atomic mass is 10.0. The summed E-state index contributed by atoms with van der Waals surface area (Å²) in [5.41, 5.74) is -0.534. The molecule has 0 atom stereocenters. The molecule has 0 bridgehead atoms. The van der Waals surface area contributed by atoms with Gasteiger partial charge in [0.25, 0.3) is 0 Å². The first-order valence-corrected chi connectivity index (χ1v) is 5.75. The number of alkyl halides is 3. The number of benzene rings is 2. The van der Waals surface area contributed by atoms with Gasteiger partial charge in [-0.1, -0.05) is 6.07 Å². The van der Waals surface area contributed by atoms with Gasteiger partial charge in [-0.05, 0) is 41.5 Å². The minimum atomic E-state index is -5.01. The molecule has 0 unspecified atom stereocenters. The quantitative estimate of drug-likeness (QED) is 0.862. The van der Waals surface area contributed by atoms with Gasteiger partial charge in [0, 0.05) is 0 Å². The van der Waals surface area contributed by atoms with Crippen LogP contribution in [0.3, 0.4) is 0 Å². The van der Waals surface area contributed by atoms with Gasteiger partial charge in [-0.2, -0.15) is 0 Å². The predicted molar refractivity (Wildman–Crippen MR) is 65.4 cm³/mol. The van der Waals surface area contributed by atoms with Crippen molar-refractivity contribution in [3.8, 4) is 16.9 Å². The fraction of sp³-hybridized carbons (Fsp3) is 0.0714. The van der Waals surface area contributed by atoms with Crippen molar-refractivity contribution >= 4 is 5.97 Å². The van der Waals surface area contributed by atoms with Crippen LogP contribution in [0.4, 0.5) is 22.0 Å². The summed E-state index contributed by atoms with van der Waals surface area (Å²) >= 11 is 0. The zero-order valence-corrected chi connectivity index (χ0v) is 10.6. The van der Waals surface area contributed by atoms with Gasteiger partial charge in [-0.25, -0.2) is 13.6 Å². The number of carbonyl (C=O) groups is 1. The Morgan fingerprint density at radius 1 is 0.955 bits per heavy atom. The van der Waals surface area contributed by atoms with E-state index in [2.05, 4.69) is 4.74 Å². The third kappa shape index (κ3) is 3.72. The minimum absolute atomic E-state index is 0.00836. The van der Waals surface area contributed by atoms with Crippen molar-refractivity contribution in [1.29, 1.82) is 0 Å². The van der Waals surface area contributed by atoms with Crippen LogP contribution in [0, 0.1) is 11.6 Å². The molecule has 0 amide bonds. The molecular weight excluding hydrogens is 311 g/mol. The van der Waals surface area contributed by atoms with E-state index in [-0.39, 0.29) is 11.1 Å². The van der Waals surface area contributed by atoms with Gasteiger partial charge in [0.2, 0.25) is 0 Å². The van der Waals surface area contributed by atoms with Gasteiger partial charge in [-0.15, -0.1) is 13.2 Å². The van der Waals surface area contributed by atoms with Crippen molar-refractivity contribution in [2.24, 2.45) is 0 Å². The van der Waals surface area contributed by atoms with Crippen molar-refractivity contribution in [3.05, 3.63) is 53.6 Å². The molecule has 0 aliphatic heterocycles. The maximum atomic E-state index is 13.2. The van der Waals surface area contributed by atoms with Gasteiger partial charge in [-0.3, -0.25) is 0 Å². The van der Waals surface area contributed by atoms with Crippen molar-refractivity contribution < 1.29 is 36.6 Å². The first-order valence-electron chi connectivity index (χ1n) is 5.75.